The van der Waals surface area contributed by atoms with Crippen molar-refractivity contribution in [2.24, 2.45) is 5.41 Å². The minimum atomic E-state index is -0.0552. The number of aromatic hydroxyl groups is 1. The summed E-state index contributed by atoms with van der Waals surface area (Å²) in [5.74, 6) is 1.99. The number of phenolic OH excluding ortho intramolecular Hbond substituents is 1. The Morgan fingerprint density at radius 3 is 2.10 bits per heavy atom. The second-order valence-corrected chi connectivity index (χ2v) is 9.39. The maximum atomic E-state index is 11.0. The lowest BCUT2D eigenvalue weighted by Crippen LogP contribution is -2.34. The van der Waals surface area contributed by atoms with E-state index in [1.165, 1.54) is 35.1 Å². The number of benzene rings is 3. The molecule has 2 aliphatic rings. The van der Waals surface area contributed by atoms with Gasteiger partial charge in [0.25, 0.3) is 0 Å². The number of hydrogen-bond donors (Lipinski definition) is 1. The predicted octanol–water partition coefficient (Wildman–Crippen LogP) is 6.43. The standard InChI is InChI=1S/C26H28O3/c1-25(2)9-11-26(12-10-25)21-14-17(29-4)6-8-19(21)24-18-7-5-16(28-3)13-20(18)23(27)15-22(24)26/h5-8,13-15,27H,9-12H2,1-4H3. The summed E-state index contributed by atoms with van der Waals surface area (Å²) < 4.78 is 11.0. The van der Waals surface area contributed by atoms with Crippen molar-refractivity contribution in [2.45, 2.75) is 44.9 Å². The van der Waals surface area contributed by atoms with E-state index in [2.05, 4.69) is 38.1 Å². The van der Waals surface area contributed by atoms with Crippen molar-refractivity contribution in [2.75, 3.05) is 14.2 Å². The monoisotopic (exact) mass is 388 g/mol. The van der Waals surface area contributed by atoms with E-state index in [0.717, 1.165) is 35.1 Å². The Morgan fingerprint density at radius 1 is 0.759 bits per heavy atom. The predicted molar refractivity (Wildman–Crippen MR) is 117 cm³/mol. The summed E-state index contributed by atoms with van der Waals surface area (Å²) in [7, 11) is 3.39. The first-order valence-corrected chi connectivity index (χ1v) is 10.4. The van der Waals surface area contributed by atoms with Crippen LogP contribution >= 0.6 is 0 Å². The fourth-order valence-corrected chi connectivity index (χ4v) is 5.48. The Bertz CT molecular complexity index is 1120. The lowest BCUT2D eigenvalue weighted by atomic mass is 9.61. The first-order valence-electron chi connectivity index (χ1n) is 10.4. The van der Waals surface area contributed by atoms with Gasteiger partial charge in [-0.15, -0.1) is 0 Å². The van der Waals surface area contributed by atoms with Gasteiger partial charge in [-0.1, -0.05) is 19.9 Å². The van der Waals surface area contributed by atoms with Gasteiger partial charge in [0.1, 0.15) is 17.2 Å². The zero-order chi connectivity index (χ0) is 20.4. The quantitative estimate of drug-likeness (QED) is 0.550. The minimum Gasteiger partial charge on any atom is -0.507 e. The van der Waals surface area contributed by atoms with Crippen LogP contribution < -0.4 is 9.47 Å². The van der Waals surface area contributed by atoms with Crippen LogP contribution in [0.1, 0.15) is 50.7 Å². The summed E-state index contributed by atoms with van der Waals surface area (Å²) in [4.78, 5) is 0. The number of rotatable bonds is 2. The highest BCUT2D eigenvalue weighted by Gasteiger charge is 2.48. The molecule has 29 heavy (non-hydrogen) atoms. The molecule has 3 heteroatoms. The number of ether oxygens (including phenoxy) is 2. The summed E-state index contributed by atoms with van der Waals surface area (Å²) in [5, 5.41) is 12.9. The largest absolute Gasteiger partial charge is 0.507 e. The Labute approximate surface area is 172 Å². The summed E-state index contributed by atoms with van der Waals surface area (Å²) in [5.41, 5.74) is 5.46. The second kappa shape index (κ2) is 6.16. The molecule has 150 valence electrons. The molecule has 1 saturated carbocycles. The summed E-state index contributed by atoms with van der Waals surface area (Å²) >= 11 is 0. The van der Waals surface area contributed by atoms with Gasteiger partial charge in [0.2, 0.25) is 0 Å². The van der Waals surface area contributed by atoms with Gasteiger partial charge in [0.05, 0.1) is 14.2 Å². The molecule has 1 N–H and O–H groups in total. The van der Waals surface area contributed by atoms with E-state index >= 15 is 0 Å². The van der Waals surface area contributed by atoms with Crippen LogP contribution in [0.15, 0.2) is 42.5 Å². The van der Waals surface area contributed by atoms with Gasteiger partial charge in [0, 0.05) is 10.8 Å². The maximum absolute atomic E-state index is 11.0. The molecule has 3 nitrogen and oxygen atoms in total. The zero-order valence-electron chi connectivity index (χ0n) is 17.6. The molecule has 0 unspecified atom stereocenters. The van der Waals surface area contributed by atoms with Crippen molar-refractivity contribution in [3.8, 4) is 28.4 Å². The van der Waals surface area contributed by atoms with Gasteiger partial charge in [-0.3, -0.25) is 0 Å². The van der Waals surface area contributed by atoms with E-state index in [0.29, 0.717) is 11.2 Å². The van der Waals surface area contributed by atoms with E-state index in [9.17, 15) is 5.11 Å². The maximum Gasteiger partial charge on any atom is 0.123 e. The van der Waals surface area contributed by atoms with Crippen LogP contribution in [0, 0.1) is 5.41 Å². The van der Waals surface area contributed by atoms with Gasteiger partial charge < -0.3 is 14.6 Å². The molecule has 1 spiro atoms. The summed E-state index contributed by atoms with van der Waals surface area (Å²) in [6.45, 7) is 4.73. The molecule has 0 bridgehead atoms. The molecular weight excluding hydrogens is 360 g/mol. The molecule has 0 saturated heterocycles. The molecule has 0 aromatic heterocycles. The van der Waals surface area contributed by atoms with E-state index in [1.807, 2.05) is 18.2 Å². The van der Waals surface area contributed by atoms with Gasteiger partial charge in [-0.25, -0.2) is 0 Å². The lowest BCUT2D eigenvalue weighted by Gasteiger charge is -2.43. The Balaban J connectivity index is 1.83. The molecular formula is C26H28O3. The third-order valence-electron chi connectivity index (χ3n) is 7.31. The van der Waals surface area contributed by atoms with Gasteiger partial charge in [0.15, 0.2) is 0 Å². The molecule has 1 fully saturated rings. The Hall–Kier alpha value is -2.68. The van der Waals surface area contributed by atoms with Gasteiger partial charge >= 0.3 is 0 Å². The Morgan fingerprint density at radius 2 is 1.41 bits per heavy atom. The Kier molecular flexibility index (Phi) is 3.90. The summed E-state index contributed by atoms with van der Waals surface area (Å²) in [6.07, 6.45) is 4.53. The molecule has 0 amide bonds. The third kappa shape index (κ3) is 2.56. The first kappa shape index (κ1) is 18.4. The van der Waals surface area contributed by atoms with Crippen LogP contribution in [0.2, 0.25) is 0 Å². The smallest absolute Gasteiger partial charge is 0.123 e. The highest BCUT2D eigenvalue weighted by molar-refractivity contribution is 6.05. The van der Waals surface area contributed by atoms with Crippen LogP contribution in [0.5, 0.6) is 17.2 Å². The van der Waals surface area contributed by atoms with Crippen molar-refractivity contribution in [1.82, 2.24) is 0 Å². The van der Waals surface area contributed by atoms with Crippen molar-refractivity contribution < 1.29 is 14.6 Å². The average molecular weight is 389 g/mol. The first-order chi connectivity index (χ1) is 13.9. The van der Waals surface area contributed by atoms with Crippen LogP contribution in [-0.4, -0.2) is 19.3 Å². The van der Waals surface area contributed by atoms with Crippen molar-refractivity contribution in [3.63, 3.8) is 0 Å². The van der Waals surface area contributed by atoms with E-state index in [4.69, 9.17) is 9.47 Å². The topological polar surface area (TPSA) is 38.7 Å². The van der Waals surface area contributed by atoms with Crippen molar-refractivity contribution in [1.29, 1.82) is 0 Å². The van der Waals surface area contributed by atoms with E-state index in [1.54, 1.807) is 14.2 Å². The van der Waals surface area contributed by atoms with Crippen LogP contribution in [-0.2, 0) is 5.41 Å². The van der Waals surface area contributed by atoms with Crippen LogP contribution in [0.4, 0.5) is 0 Å². The van der Waals surface area contributed by atoms with Crippen LogP contribution in [0.25, 0.3) is 21.9 Å². The molecule has 0 aliphatic heterocycles. The zero-order valence-corrected chi connectivity index (χ0v) is 17.6. The molecule has 0 radical (unpaired) electrons. The SMILES string of the molecule is COc1ccc2c(c1)C1(CCC(C)(C)CC1)c1cc(O)c3cc(OC)ccc3c1-2. The minimum absolute atomic E-state index is 0.0552. The molecule has 2 aliphatic carbocycles. The molecule has 0 heterocycles. The normalized spacial score (nSPS) is 18.5. The molecule has 5 rings (SSSR count). The van der Waals surface area contributed by atoms with E-state index in [-0.39, 0.29) is 5.41 Å². The average Bonchev–Trinajstić information content (AvgIpc) is 2.99. The van der Waals surface area contributed by atoms with Crippen molar-refractivity contribution in [3.05, 3.63) is 53.6 Å². The van der Waals surface area contributed by atoms with Gasteiger partial charge in [-0.05, 0) is 95.1 Å². The van der Waals surface area contributed by atoms with Crippen LogP contribution in [0.3, 0.4) is 0 Å². The molecule has 3 aromatic rings. The fourth-order valence-electron chi connectivity index (χ4n) is 5.48. The van der Waals surface area contributed by atoms with Gasteiger partial charge in [-0.2, -0.15) is 0 Å². The van der Waals surface area contributed by atoms with Crippen molar-refractivity contribution >= 4 is 10.8 Å². The number of hydrogen-bond acceptors (Lipinski definition) is 3. The lowest BCUT2D eigenvalue weighted by molar-refractivity contribution is 0.187. The number of methoxy groups -OCH3 is 2. The highest BCUT2D eigenvalue weighted by atomic mass is 16.5. The van der Waals surface area contributed by atoms with E-state index < -0.39 is 0 Å². The number of fused-ring (bicyclic) bond motifs is 7. The number of phenols is 1. The summed E-state index contributed by atoms with van der Waals surface area (Å²) in [6, 6.07) is 14.5. The fraction of sp³-hybridized carbons (Fsp3) is 0.385. The highest BCUT2D eigenvalue weighted by Crippen LogP contribution is 2.61. The second-order valence-electron chi connectivity index (χ2n) is 9.39. The molecule has 0 atom stereocenters. The third-order valence-corrected chi connectivity index (χ3v) is 7.31. The molecule has 3 aromatic carbocycles.